The van der Waals surface area contributed by atoms with Gasteiger partial charge in [0.15, 0.2) is 0 Å². The minimum absolute atomic E-state index is 0.158. The third-order valence-electron chi connectivity index (χ3n) is 5.56. The van der Waals surface area contributed by atoms with Crippen LogP contribution in [0.25, 0.3) is 11.1 Å². The van der Waals surface area contributed by atoms with E-state index in [2.05, 4.69) is 60.5 Å². The molecule has 122 valence electrons. The van der Waals surface area contributed by atoms with Gasteiger partial charge in [-0.3, -0.25) is 0 Å². The minimum Gasteiger partial charge on any atom is -0.390 e. The Labute approximate surface area is 139 Å². The molecule has 0 aliphatic carbocycles. The third-order valence-corrected chi connectivity index (χ3v) is 5.56. The Morgan fingerprint density at radius 2 is 1.39 bits per heavy atom. The highest BCUT2D eigenvalue weighted by Gasteiger charge is 2.46. The van der Waals surface area contributed by atoms with E-state index in [0.717, 1.165) is 25.9 Å². The molecule has 0 aromatic heterocycles. The quantitative estimate of drug-likeness (QED) is 0.923. The molecule has 23 heavy (non-hydrogen) atoms. The normalized spacial score (nSPS) is 18.8. The summed E-state index contributed by atoms with van der Waals surface area (Å²) < 4.78 is 0. The molecule has 0 saturated carbocycles. The number of aliphatic hydroxyl groups is 1. The van der Waals surface area contributed by atoms with Gasteiger partial charge in [0.2, 0.25) is 0 Å². The Morgan fingerprint density at radius 3 is 1.91 bits per heavy atom. The molecular formula is C21H27NO. The molecule has 3 rings (SSSR count). The van der Waals surface area contributed by atoms with Crippen LogP contribution in [0.4, 0.5) is 0 Å². The monoisotopic (exact) mass is 309 g/mol. The maximum absolute atomic E-state index is 10.9. The molecule has 0 unspecified atom stereocenters. The Balaban J connectivity index is 1.95. The Bertz CT molecular complexity index is 632. The Morgan fingerprint density at radius 1 is 0.870 bits per heavy atom. The van der Waals surface area contributed by atoms with Crippen molar-refractivity contribution in [2.75, 3.05) is 20.1 Å². The molecule has 2 aromatic carbocycles. The number of benzene rings is 2. The van der Waals surface area contributed by atoms with Crippen LogP contribution in [0.3, 0.4) is 0 Å². The van der Waals surface area contributed by atoms with Gasteiger partial charge in [-0.05, 0) is 63.5 Å². The van der Waals surface area contributed by atoms with Crippen molar-refractivity contribution in [1.82, 2.24) is 4.90 Å². The lowest BCUT2D eigenvalue weighted by Gasteiger charge is -2.48. The summed E-state index contributed by atoms with van der Waals surface area (Å²) >= 11 is 0. The molecule has 0 atom stereocenters. The van der Waals surface area contributed by atoms with Crippen molar-refractivity contribution in [3.05, 3.63) is 60.2 Å². The van der Waals surface area contributed by atoms with Gasteiger partial charge in [-0.2, -0.15) is 0 Å². The predicted octanol–water partition coefficient (Wildman–Crippen LogP) is 4.09. The van der Waals surface area contributed by atoms with Gasteiger partial charge >= 0.3 is 0 Å². The van der Waals surface area contributed by atoms with Gasteiger partial charge in [0, 0.05) is 5.41 Å². The van der Waals surface area contributed by atoms with Crippen LogP contribution in [0, 0.1) is 0 Å². The van der Waals surface area contributed by atoms with Crippen molar-refractivity contribution in [3.8, 4) is 11.1 Å². The molecule has 2 nitrogen and oxygen atoms in total. The summed E-state index contributed by atoms with van der Waals surface area (Å²) in [4.78, 5) is 2.35. The predicted molar refractivity (Wildman–Crippen MR) is 96.6 cm³/mol. The molecule has 2 aromatic rings. The van der Waals surface area contributed by atoms with Gasteiger partial charge in [0.05, 0.1) is 5.60 Å². The van der Waals surface area contributed by atoms with Crippen molar-refractivity contribution in [2.24, 2.45) is 0 Å². The van der Waals surface area contributed by atoms with Gasteiger partial charge in [-0.1, -0.05) is 54.6 Å². The lowest BCUT2D eigenvalue weighted by molar-refractivity contribution is -0.0361. The highest BCUT2D eigenvalue weighted by molar-refractivity contribution is 5.63. The topological polar surface area (TPSA) is 23.5 Å². The summed E-state index contributed by atoms with van der Waals surface area (Å²) in [5.74, 6) is 0. The fourth-order valence-electron chi connectivity index (χ4n) is 3.87. The lowest BCUT2D eigenvalue weighted by Crippen LogP contribution is -2.53. The summed E-state index contributed by atoms with van der Waals surface area (Å²) in [6.07, 6.45) is 2.00. The zero-order chi connectivity index (χ0) is 16.5. The van der Waals surface area contributed by atoms with Crippen molar-refractivity contribution in [3.63, 3.8) is 0 Å². The number of piperidine rings is 1. The standard InChI is InChI=1S/C21H27NO/c1-20(2,23)21(13-15-22(3)16-14-21)19-11-9-18(10-12-19)17-7-5-4-6-8-17/h4-12,23H,13-16H2,1-3H3. The number of nitrogens with zero attached hydrogens (tertiary/aromatic N) is 1. The second-order valence-electron chi connectivity index (χ2n) is 7.39. The maximum atomic E-state index is 10.9. The van der Waals surface area contributed by atoms with Gasteiger partial charge in [0.1, 0.15) is 0 Å². The van der Waals surface area contributed by atoms with Crippen LogP contribution >= 0.6 is 0 Å². The number of hydrogen-bond donors (Lipinski definition) is 1. The largest absolute Gasteiger partial charge is 0.390 e. The second kappa shape index (κ2) is 6.10. The van der Waals surface area contributed by atoms with Gasteiger partial charge in [-0.25, -0.2) is 0 Å². The number of likely N-dealkylation sites (tertiary alicyclic amines) is 1. The summed E-state index contributed by atoms with van der Waals surface area (Å²) in [5.41, 5.74) is 2.85. The van der Waals surface area contributed by atoms with E-state index in [1.165, 1.54) is 16.7 Å². The molecule has 1 N–H and O–H groups in total. The van der Waals surface area contributed by atoms with Crippen molar-refractivity contribution in [1.29, 1.82) is 0 Å². The van der Waals surface area contributed by atoms with Gasteiger partial charge in [0.25, 0.3) is 0 Å². The van der Waals surface area contributed by atoms with E-state index in [4.69, 9.17) is 0 Å². The third kappa shape index (κ3) is 3.06. The average molecular weight is 309 g/mol. The fraction of sp³-hybridized carbons (Fsp3) is 0.429. The van der Waals surface area contributed by atoms with Crippen molar-refractivity contribution < 1.29 is 5.11 Å². The Kier molecular flexibility index (Phi) is 4.31. The second-order valence-corrected chi connectivity index (χ2v) is 7.39. The molecule has 1 aliphatic rings. The first-order chi connectivity index (χ1) is 10.9. The number of hydrogen-bond acceptors (Lipinski definition) is 2. The molecule has 0 radical (unpaired) electrons. The van der Waals surface area contributed by atoms with Crippen LogP contribution in [0.5, 0.6) is 0 Å². The molecule has 0 amide bonds. The van der Waals surface area contributed by atoms with Crippen LogP contribution in [-0.4, -0.2) is 35.7 Å². The van der Waals surface area contributed by atoms with E-state index in [0.29, 0.717) is 0 Å². The van der Waals surface area contributed by atoms with Crippen LogP contribution < -0.4 is 0 Å². The lowest BCUT2D eigenvalue weighted by atomic mass is 9.63. The molecule has 1 heterocycles. The summed E-state index contributed by atoms with van der Waals surface area (Å²) in [5, 5.41) is 10.9. The van der Waals surface area contributed by atoms with Gasteiger partial charge in [-0.15, -0.1) is 0 Å². The van der Waals surface area contributed by atoms with Crippen LogP contribution in [-0.2, 0) is 5.41 Å². The van der Waals surface area contributed by atoms with Gasteiger partial charge < -0.3 is 10.0 Å². The van der Waals surface area contributed by atoms with Crippen molar-refractivity contribution in [2.45, 2.75) is 37.7 Å². The average Bonchev–Trinajstić information content (AvgIpc) is 2.56. The molecular weight excluding hydrogens is 282 g/mol. The van der Waals surface area contributed by atoms with Crippen LogP contribution in [0.2, 0.25) is 0 Å². The summed E-state index contributed by atoms with van der Waals surface area (Å²) in [6, 6.07) is 19.3. The zero-order valence-corrected chi connectivity index (χ0v) is 14.4. The van der Waals surface area contributed by atoms with E-state index in [1.54, 1.807) is 0 Å². The van der Waals surface area contributed by atoms with Crippen LogP contribution in [0.1, 0.15) is 32.3 Å². The van der Waals surface area contributed by atoms with Crippen molar-refractivity contribution >= 4 is 0 Å². The van der Waals surface area contributed by atoms with Crippen LogP contribution in [0.15, 0.2) is 54.6 Å². The molecule has 0 bridgehead atoms. The van der Waals surface area contributed by atoms with E-state index in [-0.39, 0.29) is 5.41 Å². The molecule has 1 saturated heterocycles. The number of rotatable bonds is 3. The maximum Gasteiger partial charge on any atom is 0.0688 e. The SMILES string of the molecule is CN1CCC(c2ccc(-c3ccccc3)cc2)(C(C)(C)O)CC1. The zero-order valence-electron chi connectivity index (χ0n) is 14.4. The highest BCUT2D eigenvalue weighted by atomic mass is 16.3. The molecule has 1 aliphatic heterocycles. The van der Waals surface area contributed by atoms with E-state index in [1.807, 2.05) is 19.9 Å². The first-order valence-corrected chi connectivity index (χ1v) is 8.49. The van der Waals surface area contributed by atoms with E-state index >= 15 is 0 Å². The smallest absolute Gasteiger partial charge is 0.0688 e. The molecule has 1 fully saturated rings. The minimum atomic E-state index is -0.720. The molecule has 2 heteroatoms. The molecule has 0 spiro atoms. The summed E-state index contributed by atoms with van der Waals surface area (Å²) in [7, 11) is 2.16. The highest BCUT2D eigenvalue weighted by Crippen LogP contribution is 2.44. The van der Waals surface area contributed by atoms with E-state index < -0.39 is 5.60 Å². The Hall–Kier alpha value is -1.64. The fourth-order valence-corrected chi connectivity index (χ4v) is 3.87. The summed E-state index contributed by atoms with van der Waals surface area (Å²) in [6.45, 7) is 5.99. The van der Waals surface area contributed by atoms with E-state index in [9.17, 15) is 5.11 Å². The first-order valence-electron chi connectivity index (χ1n) is 8.49. The first kappa shape index (κ1) is 16.2.